The van der Waals surface area contributed by atoms with Crippen molar-refractivity contribution in [3.8, 4) is 0 Å². The van der Waals surface area contributed by atoms with Gasteiger partial charge in [0, 0.05) is 36.2 Å². The van der Waals surface area contributed by atoms with Crippen molar-refractivity contribution in [3.05, 3.63) is 77.9 Å². The Labute approximate surface area is 200 Å². The first-order chi connectivity index (χ1) is 16.0. The predicted octanol–water partition coefficient (Wildman–Crippen LogP) is 4.17. The zero-order chi connectivity index (χ0) is 24.9. The molecule has 1 aliphatic heterocycles. The van der Waals surface area contributed by atoms with Crippen LogP contribution in [-0.2, 0) is 20.3 Å². The molecule has 3 rings (SSSR count). The van der Waals surface area contributed by atoms with Gasteiger partial charge in [-0.25, -0.2) is 8.42 Å². The van der Waals surface area contributed by atoms with Crippen molar-refractivity contribution >= 4 is 33.2 Å². The van der Waals surface area contributed by atoms with Crippen molar-refractivity contribution in [1.82, 2.24) is 0 Å². The fourth-order valence-electron chi connectivity index (χ4n) is 4.24. The number of nitrogens with zero attached hydrogens (tertiary/aromatic N) is 1. The lowest BCUT2D eigenvalue weighted by molar-refractivity contribution is -0.438. The molecule has 1 aliphatic rings. The second kappa shape index (κ2) is 10.4. The third-order valence-electron chi connectivity index (χ3n) is 6.06. The number of carboxylic acids is 1. The van der Waals surface area contributed by atoms with Crippen LogP contribution in [0.25, 0.3) is 5.70 Å². The fraction of sp³-hybridized carbons (Fsp3) is 0.308. The van der Waals surface area contributed by atoms with E-state index in [9.17, 15) is 17.8 Å². The maximum absolute atomic E-state index is 11.6. The summed E-state index contributed by atoms with van der Waals surface area (Å²) in [6.07, 6.45) is 7.89. The molecule has 34 heavy (non-hydrogen) atoms. The Morgan fingerprint density at radius 2 is 1.82 bits per heavy atom. The number of aliphatic carboxylic acids is 1. The van der Waals surface area contributed by atoms with Crippen LogP contribution in [0.15, 0.2) is 71.7 Å². The van der Waals surface area contributed by atoms with E-state index in [0.717, 1.165) is 35.4 Å². The van der Waals surface area contributed by atoms with Crippen molar-refractivity contribution < 1.29 is 27.4 Å². The minimum atomic E-state index is -4.58. The first-order valence-corrected chi connectivity index (χ1v) is 12.6. The molecular weight excluding hydrogens is 452 g/mol. The predicted molar refractivity (Wildman–Crippen MR) is 131 cm³/mol. The van der Waals surface area contributed by atoms with Gasteiger partial charge in [-0.1, -0.05) is 36.4 Å². The summed E-state index contributed by atoms with van der Waals surface area (Å²) in [7, 11) is -4.58. The van der Waals surface area contributed by atoms with Gasteiger partial charge in [0.25, 0.3) is 0 Å². The quantitative estimate of drug-likeness (QED) is 0.227. The molecule has 0 fully saturated rings. The van der Waals surface area contributed by atoms with E-state index >= 15 is 0 Å². The third kappa shape index (κ3) is 5.81. The maximum atomic E-state index is 11.6. The molecule has 2 aromatic carbocycles. The van der Waals surface area contributed by atoms with Gasteiger partial charge in [-0.15, -0.1) is 0 Å². The van der Waals surface area contributed by atoms with Gasteiger partial charge in [0.05, 0.1) is 10.3 Å². The summed E-state index contributed by atoms with van der Waals surface area (Å²) in [5.41, 5.74) is 9.73. The number of benzene rings is 2. The van der Waals surface area contributed by atoms with Crippen molar-refractivity contribution in [1.29, 1.82) is 0 Å². The summed E-state index contributed by atoms with van der Waals surface area (Å²) in [5.74, 6) is -0.808. The largest absolute Gasteiger partial charge is 0.744 e. The van der Waals surface area contributed by atoms with Gasteiger partial charge in [0.2, 0.25) is 5.69 Å². The molecule has 2 aromatic rings. The van der Waals surface area contributed by atoms with Crippen LogP contribution in [0.2, 0.25) is 0 Å². The van der Waals surface area contributed by atoms with E-state index in [2.05, 4.69) is 4.58 Å². The lowest BCUT2D eigenvalue weighted by atomic mass is 9.81. The zero-order valence-corrected chi connectivity index (χ0v) is 20.2. The smallest absolute Gasteiger partial charge is 0.303 e. The number of nitrogens with two attached hydrogens (primary N) is 1. The lowest BCUT2D eigenvalue weighted by Gasteiger charge is -2.17. The number of unbranched alkanes of at least 4 members (excludes halogenated alkanes) is 2. The molecule has 7 nitrogen and oxygen atoms in total. The molecule has 3 N–H and O–H groups in total. The maximum Gasteiger partial charge on any atom is 0.303 e. The Morgan fingerprint density at radius 1 is 1.12 bits per heavy atom. The highest BCUT2D eigenvalue weighted by Gasteiger charge is 2.44. The third-order valence-corrected chi connectivity index (χ3v) is 6.89. The minimum Gasteiger partial charge on any atom is -0.744 e. The van der Waals surface area contributed by atoms with E-state index in [-0.39, 0.29) is 11.3 Å². The molecule has 0 aromatic heterocycles. The molecule has 180 valence electrons. The monoisotopic (exact) mass is 482 g/mol. The molecule has 0 spiro atoms. The number of carbonyl (C=O) groups is 1. The zero-order valence-electron chi connectivity index (χ0n) is 19.4. The summed E-state index contributed by atoms with van der Waals surface area (Å²) in [4.78, 5) is 10.5. The van der Waals surface area contributed by atoms with E-state index in [1.165, 1.54) is 12.1 Å². The number of hydrogen-bond acceptors (Lipinski definition) is 5. The van der Waals surface area contributed by atoms with Crippen LogP contribution in [0, 0.1) is 0 Å². The van der Waals surface area contributed by atoms with Gasteiger partial charge < -0.3 is 15.4 Å². The summed E-state index contributed by atoms with van der Waals surface area (Å²) >= 11 is 0. The van der Waals surface area contributed by atoms with Crippen molar-refractivity contribution in [3.63, 3.8) is 0 Å². The molecule has 1 heterocycles. The Hall–Kier alpha value is -3.23. The van der Waals surface area contributed by atoms with Crippen LogP contribution in [0.4, 0.5) is 5.69 Å². The van der Waals surface area contributed by atoms with Crippen LogP contribution in [-0.4, -0.2) is 40.9 Å². The average Bonchev–Trinajstić information content (AvgIpc) is 2.99. The van der Waals surface area contributed by atoms with Crippen LogP contribution in [0.3, 0.4) is 0 Å². The van der Waals surface area contributed by atoms with E-state index in [1.807, 2.05) is 62.4 Å². The SMILES string of the molecule is CC1(C)C(C=CC=C(N)c2ccccc2)=[N+](CCCCCC(=O)O)c2ccc(S(=O)(=O)[O-])cc21. The first-order valence-electron chi connectivity index (χ1n) is 11.2. The summed E-state index contributed by atoms with van der Waals surface area (Å²) in [5, 5.41) is 8.87. The minimum absolute atomic E-state index is 0.132. The van der Waals surface area contributed by atoms with Crippen molar-refractivity contribution in [2.45, 2.75) is 49.8 Å². The fourth-order valence-corrected chi connectivity index (χ4v) is 4.74. The van der Waals surface area contributed by atoms with Crippen LogP contribution < -0.4 is 5.73 Å². The number of rotatable bonds is 10. The molecule has 8 heteroatoms. The molecule has 0 bridgehead atoms. The highest BCUT2D eigenvalue weighted by Crippen LogP contribution is 2.41. The standard InChI is InChI=1S/C26H30N2O5S/c1-26(2)21-18-20(34(31,32)33)15-16-23(21)28(17-8-4-7-14-25(29)30)24(26)13-9-12-22(27)19-10-5-3-6-11-19/h3,5-6,9-13,15-16,18,27H,4,7-8,14,17H2,1-2H3,(H2,29,30,31,32,33). The van der Waals surface area contributed by atoms with E-state index < -0.39 is 21.5 Å². The van der Waals surface area contributed by atoms with Gasteiger partial charge in [0.1, 0.15) is 16.7 Å². The van der Waals surface area contributed by atoms with Gasteiger partial charge in [-0.2, -0.15) is 4.58 Å². The number of fused-ring (bicyclic) bond motifs is 1. The Bertz CT molecular complexity index is 1260. The van der Waals surface area contributed by atoms with Crippen molar-refractivity contribution in [2.24, 2.45) is 5.73 Å². The normalized spacial score (nSPS) is 15.7. The number of carboxylic acid groups (broad SMARTS) is 1. The number of allylic oxidation sites excluding steroid dienone is 3. The van der Waals surface area contributed by atoms with E-state index in [0.29, 0.717) is 18.7 Å². The summed E-state index contributed by atoms with van der Waals surface area (Å²) < 4.78 is 37.0. The Balaban J connectivity index is 1.95. The van der Waals surface area contributed by atoms with Crippen LogP contribution in [0.1, 0.15) is 50.7 Å². The topological polar surface area (TPSA) is 124 Å². The molecule has 0 saturated carbocycles. The van der Waals surface area contributed by atoms with Gasteiger partial charge in [-0.05, 0) is 50.5 Å². The lowest BCUT2D eigenvalue weighted by Crippen LogP contribution is -2.28. The second-order valence-corrected chi connectivity index (χ2v) is 10.2. The number of hydrogen-bond donors (Lipinski definition) is 2. The van der Waals surface area contributed by atoms with Gasteiger partial charge in [0.15, 0.2) is 5.71 Å². The highest BCUT2D eigenvalue weighted by atomic mass is 32.2. The highest BCUT2D eigenvalue weighted by molar-refractivity contribution is 7.85. The Morgan fingerprint density at radius 3 is 2.47 bits per heavy atom. The summed E-state index contributed by atoms with van der Waals surface area (Å²) in [6, 6.07) is 14.1. The van der Waals surface area contributed by atoms with Gasteiger partial charge >= 0.3 is 5.97 Å². The molecule has 0 amide bonds. The summed E-state index contributed by atoms with van der Waals surface area (Å²) in [6.45, 7) is 4.61. The average molecular weight is 483 g/mol. The molecule has 0 saturated heterocycles. The van der Waals surface area contributed by atoms with Gasteiger partial charge in [-0.3, -0.25) is 4.79 Å². The van der Waals surface area contributed by atoms with Crippen LogP contribution >= 0.6 is 0 Å². The molecule has 0 aliphatic carbocycles. The molecule has 0 atom stereocenters. The van der Waals surface area contributed by atoms with E-state index in [1.54, 1.807) is 6.07 Å². The van der Waals surface area contributed by atoms with Crippen molar-refractivity contribution in [2.75, 3.05) is 6.54 Å². The molecule has 0 unspecified atom stereocenters. The first kappa shape index (κ1) is 25.4. The Kier molecular flexibility index (Phi) is 7.74. The van der Waals surface area contributed by atoms with E-state index in [4.69, 9.17) is 10.8 Å². The second-order valence-electron chi connectivity index (χ2n) is 8.85. The van der Waals surface area contributed by atoms with Crippen LogP contribution in [0.5, 0.6) is 0 Å². The molecule has 0 radical (unpaired) electrons. The molecular formula is C26H30N2O5S.